The number of nitrogens with two attached hydrogens (primary N) is 1. The van der Waals surface area contributed by atoms with E-state index in [4.69, 9.17) is 5.73 Å². The largest absolute Gasteiger partial charge is 0.317 e. The van der Waals surface area contributed by atoms with E-state index in [1.54, 1.807) is 10.8 Å². The molecule has 6 heteroatoms. The molecule has 0 radical (unpaired) electrons. The Morgan fingerprint density at radius 2 is 2.33 bits per heavy atom. The van der Waals surface area contributed by atoms with Gasteiger partial charge in [-0.25, -0.2) is 8.42 Å². The van der Waals surface area contributed by atoms with Gasteiger partial charge in [0.25, 0.3) is 5.91 Å². The second-order valence-corrected chi connectivity index (χ2v) is 3.52. The number of nitrogens with one attached hydrogen (secondary N) is 1. The third kappa shape index (κ3) is 1.49. The van der Waals surface area contributed by atoms with Crippen LogP contribution in [0.1, 0.15) is 6.42 Å². The summed E-state index contributed by atoms with van der Waals surface area (Å²) in [4.78, 5) is 11.0. The predicted octanol–water partition coefficient (Wildman–Crippen LogP) is -1.47. The Labute approximate surface area is 71.7 Å². The molecule has 5 nitrogen and oxygen atoms in total. The van der Waals surface area contributed by atoms with Gasteiger partial charge in [0.1, 0.15) is 5.54 Å². The van der Waals surface area contributed by atoms with Gasteiger partial charge in [0, 0.05) is 5.92 Å². The summed E-state index contributed by atoms with van der Waals surface area (Å²) in [5, 5.41) is 0. The third-order valence-corrected chi connectivity index (χ3v) is 2.34. The van der Waals surface area contributed by atoms with Crippen LogP contribution in [-0.2, 0) is 15.7 Å². The van der Waals surface area contributed by atoms with E-state index in [1.807, 2.05) is 0 Å². The van der Waals surface area contributed by atoms with Crippen LogP contribution in [0, 0.1) is 5.92 Å². The lowest BCUT2D eigenvalue weighted by atomic mass is 10.2. The zero-order valence-electron chi connectivity index (χ0n) is 6.32. The van der Waals surface area contributed by atoms with Crippen molar-refractivity contribution in [2.24, 2.45) is 11.7 Å². The van der Waals surface area contributed by atoms with Crippen molar-refractivity contribution >= 4 is 16.8 Å². The van der Waals surface area contributed by atoms with E-state index in [0.29, 0.717) is 6.42 Å². The first kappa shape index (κ1) is 9.21. The third-order valence-electron chi connectivity index (χ3n) is 1.96. The maximum absolute atomic E-state index is 11.0. The van der Waals surface area contributed by atoms with E-state index in [9.17, 15) is 13.2 Å². The van der Waals surface area contributed by atoms with E-state index in [-0.39, 0.29) is 5.92 Å². The molecule has 0 bridgehead atoms. The maximum atomic E-state index is 11.0. The Kier molecular flexibility index (Phi) is 2.20. The number of hydrogen-bond acceptors (Lipinski definition) is 4. The Hall–Kier alpha value is -0.880. The van der Waals surface area contributed by atoms with Gasteiger partial charge in [-0.2, -0.15) is 0 Å². The van der Waals surface area contributed by atoms with E-state index in [1.165, 1.54) is 0 Å². The summed E-state index contributed by atoms with van der Waals surface area (Å²) >= 11 is 0. The number of carbonyl (C=O) groups excluding carboxylic acids is 1. The molecule has 1 aliphatic rings. The van der Waals surface area contributed by atoms with E-state index in [2.05, 4.69) is 6.58 Å². The molecular weight excluding hydrogens is 180 g/mol. The number of rotatable bonds is 3. The van der Waals surface area contributed by atoms with E-state index < -0.39 is 22.3 Å². The molecule has 0 aliphatic heterocycles. The van der Waals surface area contributed by atoms with Crippen molar-refractivity contribution in [3.05, 3.63) is 12.7 Å². The quantitative estimate of drug-likeness (QED) is 0.374. The van der Waals surface area contributed by atoms with Crippen molar-refractivity contribution in [1.29, 1.82) is 0 Å². The molecular formula is C6H10N2O3S. The molecule has 12 heavy (non-hydrogen) atoms. The van der Waals surface area contributed by atoms with Gasteiger partial charge in [0.2, 0.25) is 10.9 Å². The van der Waals surface area contributed by atoms with Crippen LogP contribution in [0.15, 0.2) is 12.7 Å². The molecule has 1 rings (SSSR count). The normalized spacial score (nSPS) is 33.0. The molecule has 68 valence electrons. The Morgan fingerprint density at radius 1 is 1.75 bits per heavy atom. The molecule has 3 N–H and O–H groups in total. The second-order valence-electron chi connectivity index (χ2n) is 2.78. The Bertz CT molecular complexity index is 291. The highest BCUT2D eigenvalue weighted by molar-refractivity contribution is 7.71. The summed E-state index contributed by atoms with van der Waals surface area (Å²) in [6, 6.07) is 0. The zero-order chi connectivity index (χ0) is 9.35. The van der Waals surface area contributed by atoms with Crippen LogP contribution in [0.25, 0.3) is 0 Å². The first-order valence-electron chi connectivity index (χ1n) is 3.37. The Morgan fingerprint density at radius 3 is 2.67 bits per heavy atom. The fourth-order valence-electron chi connectivity index (χ4n) is 1.05. The van der Waals surface area contributed by atoms with Crippen molar-refractivity contribution in [2.45, 2.75) is 12.0 Å². The lowest BCUT2D eigenvalue weighted by Gasteiger charge is -2.05. The van der Waals surface area contributed by atoms with Crippen LogP contribution in [0.3, 0.4) is 0 Å². The number of carbonyl (C=O) groups is 1. The zero-order valence-corrected chi connectivity index (χ0v) is 7.21. The topological polar surface area (TPSA) is 89.3 Å². The minimum atomic E-state index is -2.90. The molecule has 0 aromatic carbocycles. The summed E-state index contributed by atoms with van der Waals surface area (Å²) < 4.78 is 22.0. The minimum Gasteiger partial charge on any atom is -0.317 e. The monoisotopic (exact) mass is 190 g/mol. The number of thiol groups is 1. The van der Waals surface area contributed by atoms with Gasteiger partial charge >= 0.3 is 0 Å². The van der Waals surface area contributed by atoms with Crippen LogP contribution in [0.2, 0.25) is 0 Å². The number of amides is 1. The molecule has 2 unspecified atom stereocenters. The van der Waals surface area contributed by atoms with Gasteiger partial charge in [0.15, 0.2) is 0 Å². The van der Waals surface area contributed by atoms with Crippen molar-refractivity contribution < 1.29 is 13.2 Å². The van der Waals surface area contributed by atoms with Gasteiger partial charge < -0.3 is 5.73 Å². The molecule has 1 fully saturated rings. The molecule has 1 aliphatic carbocycles. The van der Waals surface area contributed by atoms with Gasteiger partial charge in [-0.3, -0.25) is 9.52 Å². The van der Waals surface area contributed by atoms with Gasteiger partial charge in [-0.15, -0.1) is 6.58 Å². The highest BCUT2D eigenvalue weighted by atomic mass is 32.2. The lowest BCUT2D eigenvalue weighted by Crippen LogP contribution is -2.43. The first-order valence-corrected chi connectivity index (χ1v) is 4.55. The minimum absolute atomic E-state index is 0.104. The highest BCUT2D eigenvalue weighted by Crippen LogP contribution is 2.41. The highest BCUT2D eigenvalue weighted by Gasteiger charge is 2.55. The summed E-state index contributed by atoms with van der Waals surface area (Å²) in [6.45, 7) is 3.47. The summed E-state index contributed by atoms with van der Waals surface area (Å²) in [5.74, 6) is -0.754. The lowest BCUT2D eigenvalue weighted by molar-refractivity contribution is -0.121. The van der Waals surface area contributed by atoms with Crippen molar-refractivity contribution in [1.82, 2.24) is 4.72 Å². The molecule has 0 aromatic rings. The van der Waals surface area contributed by atoms with Crippen molar-refractivity contribution in [3.8, 4) is 0 Å². The molecule has 1 amide bonds. The first-order chi connectivity index (χ1) is 5.50. The van der Waals surface area contributed by atoms with Crippen LogP contribution < -0.4 is 10.5 Å². The average Bonchev–Trinajstić information content (AvgIpc) is 2.62. The Balaban J connectivity index is 2.61. The molecule has 2 atom stereocenters. The van der Waals surface area contributed by atoms with Gasteiger partial charge in [-0.1, -0.05) is 6.08 Å². The fourth-order valence-corrected chi connectivity index (χ4v) is 1.42. The maximum Gasteiger partial charge on any atom is 0.253 e. The summed E-state index contributed by atoms with van der Waals surface area (Å²) in [7, 11) is -2.90. The summed E-state index contributed by atoms with van der Waals surface area (Å²) in [6.07, 6.45) is 2.02. The molecule has 0 aromatic heterocycles. The second kappa shape index (κ2) is 2.87. The van der Waals surface area contributed by atoms with Crippen LogP contribution >= 0.6 is 0 Å². The molecule has 0 saturated heterocycles. The SMILES string of the molecule is C=CC1CC1(N)C(=O)N[SH](=O)=O. The van der Waals surface area contributed by atoms with Gasteiger partial charge in [-0.05, 0) is 6.42 Å². The molecule has 0 heterocycles. The summed E-state index contributed by atoms with van der Waals surface area (Å²) in [5.41, 5.74) is 4.50. The van der Waals surface area contributed by atoms with Crippen molar-refractivity contribution in [2.75, 3.05) is 0 Å². The standard InChI is InChI=1S/C6H10N2O3S/c1-2-4-3-6(4,7)5(9)8-12(10)11/h2,4,12H,1,3,7H2,(H,8,9,10,11). The molecule has 0 spiro atoms. The van der Waals surface area contributed by atoms with E-state index >= 15 is 0 Å². The van der Waals surface area contributed by atoms with E-state index in [0.717, 1.165) is 0 Å². The van der Waals surface area contributed by atoms with Crippen molar-refractivity contribution in [3.63, 3.8) is 0 Å². The predicted molar refractivity (Wildman–Crippen MR) is 43.7 cm³/mol. The molecule has 1 saturated carbocycles. The smallest absolute Gasteiger partial charge is 0.253 e. The average molecular weight is 190 g/mol. The van der Waals surface area contributed by atoms with Crippen LogP contribution in [0.5, 0.6) is 0 Å². The van der Waals surface area contributed by atoms with Gasteiger partial charge in [0.05, 0.1) is 0 Å². The fraction of sp³-hybridized carbons (Fsp3) is 0.500. The number of hydrogen-bond donors (Lipinski definition) is 3. The van der Waals surface area contributed by atoms with Crippen LogP contribution in [-0.4, -0.2) is 19.9 Å². The van der Waals surface area contributed by atoms with Crippen LogP contribution in [0.4, 0.5) is 0 Å².